The Bertz CT molecular complexity index is 763. The van der Waals surface area contributed by atoms with Crippen LogP contribution in [-0.2, 0) is 6.54 Å². The minimum Gasteiger partial charge on any atom is -0.497 e. The molecule has 2 aromatic carbocycles. The number of methoxy groups -OCH3 is 1. The summed E-state index contributed by atoms with van der Waals surface area (Å²) in [4.78, 5) is 13.7. The summed E-state index contributed by atoms with van der Waals surface area (Å²) < 4.78 is 24.6. The molecule has 1 aliphatic heterocycles. The van der Waals surface area contributed by atoms with Gasteiger partial charge in [-0.05, 0) is 25.1 Å². The van der Waals surface area contributed by atoms with Crippen LogP contribution in [0.15, 0.2) is 36.4 Å². The predicted octanol–water partition coefficient (Wildman–Crippen LogP) is 3.49. The van der Waals surface area contributed by atoms with Crippen LogP contribution in [0.1, 0.15) is 24.1 Å². The minimum absolute atomic E-state index is 0.0608. The Morgan fingerprint density at radius 2 is 2.13 bits per heavy atom. The second kappa shape index (κ2) is 5.79. The number of carbonyl (C=O) groups excluding carboxylic acids is 1. The topological polar surface area (TPSA) is 64.8 Å². The van der Waals surface area contributed by atoms with Crippen LogP contribution in [0.5, 0.6) is 11.5 Å². The van der Waals surface area contributed by atoms with Gasteiger partial charge in [0.2, 0.25) is 0 Å². The molecule has 2 N–H and O–H groups in total. The SMILES string of the molecule is COc1ccc2c(c1)OC(=O)N(Cc1cccc(N)c1F)C2C. The predicted molar refractivity (Wildman–Crippen MR) is 83.8 cm³/mol. The first-order valence-corrected chi connectivity index (χ1v) is 7.20. The summed E-state index contributed by atoms with van der Waals surface area (Å²) in [5, 5.41) is 0. The van der Waals surface area contributed by atoms with Gasteiger partial charge < -0.3 is 15.2 Å². The fourth-order valence-electron chi connectivity index (χ4n) is 2.66. The summed E-state index contributed by atoms with van der Waals surface area (Å²) in [5.41, 5.74) is 6.84. The fraction of sp³-hybridized carbons (Fsp3) is 0.235. The highest BCUT2D eigenvalue weighted by Gasteiger charge is 2.32. The molecule has 1 amide bonds. The van der Waals surface area contributed by atoms with E-state index in [-0.39, 0.29) is 18.3 Å². The van der Waals surface area contributed by atoms with E-state index in [1.165, 1.54) is 11.0 Å². The van der Waals surface area contributed by atoms with Crippen LogP contribution in [-0.4, -0.2) is 18.1 Å². The number of hydrogen-bond donors (Lipinski definition) is 1. The number of ether oxygens (including phenoxy) is 2. The highest BCUT2D eigenvalue weighted by atomic mass is 19.1. The molecule has 0 aromatic heterocycles. The fourth-order valence-corrected chi connectivity index (χ4v) is 2.66. The molecular formula is C17H17FN2O3. The summed E-state index contributed by atoms with van der Waals surface area (Å²) in [7, 11) is 1.55. The Hall–Kier alpha value is -2.76. The molecule has 1 unspecified atom stereocenters. The lowest BCUT2D eigenvalue weighted by molar-refractivity contribution is 0.116. The number of carbonyl (C=O) groups is 1. The van der Waals surface area contributed by atoms with Gasteiger partial charge >= 0.3 is 6.09 Å². The van der Waals surface area contributed by atoms with Crippen molar-refractivity contribution < 1.29 is 18.7 Å². The van der Waals surface area contributed by atoms with E-state index < -0.39 is 11.9 Å². The lowest BCUT2D eigenvalue weighted by Crippen LogP contribution is -2.39. The van der Waals surface area contributed by atoms with Gasteiger partial charge in [0.05, 0.1) is 25.4 Å². The number of rotatable bonds is 3. The van der Waals surface area contributed by atoms with Gasteiger partial charge in [-0.3, -0.25) is 4.90 Å². The number of anilines is 1. The first-order valence-electron chi connectivity index (χ1n) is 7.20. The van der Waals surface area contributed by atoms with E-state index in [1.54, 1.807) is 31.4 Å². The van der Waals surface area contributed by atoms with E-state index in [9.17, 15) is 9.18 Å². The Balaban J connectivity index is 1.92. The summed E-state index contributed by atoms with van der Waals surface area (Å²) in [5.74, 6) is 0.568. The molecule has 1 atom stereocenters. The van der Waals surface area contributed by atoms with E-state index in [0.717, 1.165) is 5.56 Å². The summed E-state index contributed by atoms with van der Waals surface area (Å²) in [6.07, 6.45) is -0.528. The molecule has 1 heterocycles. The van der Waals surface area contributed by atoms with Gasteiger partial charge in [-0.2, -0.15) is 0 Å². The number of amides is 1. The molecule has 0 aliphatic carbocycles. The van der Waals surface area contributed by atoms with Crippen molar-refractivity contribution >= 4 is 11.8 Å². The van der Waals surface area contributed by atoms with Gasteiger partial charge in [0, 0.05) is 17.2 Å². The Morgan fingerprint density at radius 1 is 1.35 bits per heavy atom. The first-order chi connectivity index (χ1) is 11.0. The number of nitrogens with zero attached hydrogens (tertiary/aromatic N) is 1. The number of hydrogen-bond acceptors (Lipinski definition) is 4. The highest BCUT2D eigenvalue weighted by Crippen LogP contribution is 2.38. The average Bonchev–Trinajstić information content (AvgIpc) is 2.54. The van der Waals surface area contributed by atoms with Gasteiger partial charge in [-0.1, -0.05) is 12.1 Å². The number of halogens is 1. The van der Waals surface area contributed by atoms with E-state index in [4.69, 9.17) is 15.2 Å². The third-order valence-electron chi connectivity index (χ3n) is 4.02. The van der Waals surface area contributed by atoms with Crippen molar-refractivity contribution in [3.63, 3.8) is 0 Å². The van der Waals surface area contributed by atoms with Crippen LogP contribution in [0.3, 0.4) is 0 Å². The number of nitrogens with two attached hydrogens (primary N) is 1. The van der Waals surface area contributed by atoms with Gasteiger partial charge in [0.1, 0.15) is 11.5 Å². The zero-order chi connectivity index (χ0) is 16.6. The van der Waals surface area contributed by atoms with Gasteiger partial charge in [-0.15, -0.1) is 0 Å². The molecule has 23 heavy (non-hydrogen) atoms. The Morgan fingerprint density at radius 3 is 2.87 bits per heavy atom. The summed E-state index contributed by atoms with van der Waals surface area (Å²) in [6.45, 7) is 1.96. The maximum atomic E-state index is 14.1. The zero-order valence-electron chi connectivity index (χ0n) is 12.9. The Kier molecular flexibility index (Phi) is 3.82. The van der Waals surface area contributed by atoms with Crippen LogP contribution in [0.2, 0.25) is 0 Å². The van der Waals surface area contributed by atoms with Gasteiger partial charge in [0.25, 0.3) is 0 Å². The molecule has 0 bridgehead atoms. The second-order valence-electron chi connectivity index (χ2n) is 5.40. The maximum absolute atomic E-state index is 14.1. The number of benzene rings is 2. The molecule has 0 fully saturated rings. The standard InChI is InChI=1S/C17H17FN2O3/c1-10-13-7-6-12(22-2)8-15(13)23-17(21)20(10)9-11-4-3-5-14(19)16(11)18/h3-8,10H,9,19H2,1-2H3. The lowest BCUT2D eigenvalue weighted by atomic mass is 10.0. The largest absolute Gasteiger partial charge is 0.497 e. The second-order valence-corrected chi connectivity index (χ2v) is 5.40. The van der Waals surface area contributed by atoms with E-state index >= 15 is 0 Å². The molecule has 0 saturated heterocycles. The van der Waals surface area contributed by atoms with Crippen molar-refractivity contribution in [1.82, 2.24) is 4.90 Å². The third-order valence-corrected chi connectivity index (χ3v) is 4.02. The molecule has 0 radical (unpaired) electrons. The molecule has 3 rings (SSSR count). The number of fused-ring (bicyclic) bond motifs is 1. The van der Waals surface area contributed by atoms with Crippen LogP contribution < -0.4 is 15.2 Å². The van der Waals surface area contributed by atoms with Crippen molar-refractivity contribution in [3.8, 4) is 11.5 Å². The number of nitrogen functional groups attached to an aromatic ring is 1. The molecule has 120 valence electrons. The molecular weight excluding hydrogens is 299 g/mol. The smallest absolute Gasteiger partial charge is 0.416 e. The molecule has 6 heteroatoms. The van der Waals surface area contributed by atoms with Crippen molar-refractivity contribution in [2.45, 2.75) is 19.5 Å². The summed E-state index contributed by atoms with van der Waals surface area (Å²) in [6, 6.07) is 9.81. The van der Waals surface area contributed by atoms with E-state index in [0.29, 0.717) is 17.1 Å². The van der Waals surface area contributed by atoms with Crippen LogP contribution >= 0.6 is 0 Å². The molecule has 2 aromatic rings. The first kappa shape index (κ1) is 15.1. The van der Waals surface area contributed by atoms with Gasteiger partial charge in [0.15, 0.2) is 5.82 Å². The molecule has 0 spiro atoms. The van der Waals surface area contributed by atoms with Crippen molar-refractivity contribution in [2.75, 3.05) is 12.8 Å². The Labute approximate surface area is 133 Å². The average molecular weight is 316 g/mol. The normalized spacial score (nSPS) is 16.7. The molecule has 0 saturated carbocycles. The van der Waals surface area contributed by atoms with Crippen molar-refractivity contribution in [1.29, 1.82) is 0 Å². The van der Waals surface area contributed by atoms with Gasteiger partial charge in [-0.25, -0.2) is 9.18 Å². The highest BCUT2D eigenvalue weighted by molar-refractivity contribution is 5.74. The molecule has 5 nitrogen and oxygen atoms in total. The lowest BCUT2D eigenvalue weighted by Gasteiger charge is -2.34. The molecule has 1 aliphatic rings. The van der Waals surface area contributed by atoms with Crippen LogP contribution in [0, 0.1) is 5.82 Å². The quantitative estimate of drug-likeness (QED) is 0.880. The summed E-state index contributed by atoms with van der Waals surface area (Å²) >= 11 is 0. The zero-order valence-corrected chi connectivity index (χ0v) is 12.9. The van der Waals surface area contributed by atoms with Crippen LogP contribution in [0.4, 0.5) is 14.9 Å². The van der Waals surface area contributed by atoms with E-state index in [1.807, 2.05) is 13.0 Å². The monoisotopic (exact) mass is 316 g/mol. The minimum atomic E-state index is -0.528. The van der Waals surface area contributed by atoms with Crippen molar-refractivity contribution in [3.05, 3.63) is 53.3 Å². The van der Waals surface area contributed by atoms with Crippen LogP contribution in [0.25, 0.3) is 0 Å². The maximum Gasteiger partial charge on any atom is 0.416 e. The van der Waals surface area contributed by atoms with Crippen molar-refractivity contribution in [2.24, 2.45) is 0 Å². The third kappa shape index (κ3) is 2.67. The van der Waals surface area contributed by atoms with E-state index in [2.05, 4.69) is 0 Å².